The van der Waals surface area contributed by atoms with Crippen molar-refractivity contribution in [2.45, 2.75) is 155 Å². The lowest BCUT2D eigenvalue weighted by Gasteiger charge is -2.28. The molecule has 2 aliphatic rings. The van der Waals surface area contributed by atoms with Crippen molar-refractivity contribution in [3.05, 3.63) is 25.3 Å². The van der Waals surface area contributed by atoms with Crippen LogP contribution in [0.2, 0.25) is 0 Å². The van der Waals surface area contributed by atoms with E-state index in [-0.39, 0.29) is 137 Å². The zero-order valence-electron chi connectivity index (χ0n) is 51.2. The van der Waals surface area contributed by atoms with Crippen LogP contribution in [0.1, 0.15) is 130 Å². The number of aliphatic hydroxyl groups is 4. The monoisotopic (exact) mass is 1250 g/mol. The van der Waals surface area contributed by atoms with E-state index < -0.39 is 83.6 Å². The van der Waals surface area contributed by atoms with Gasteiger partial charge in [-0.1, -0.05) is 26.5 Å². The van der Waals surface area contributed by atoms with Crippen molar-refractivity contribution in [1.82, 2.24) is 0 Å². The fraction of sp³-hybridized carbons (Fsp3) is 0.767. The number of Topliss-reactive ketones (excluding diaryl/α,β-unsaturated/α-hetero) is 1. The van der Waals surface area contributed by atoms with E-state index in [1.807, 2.05) is 6.92 Å². The number of rotatable bonds is 46. The largest absolute Gasteiger partial charge is 0.465 e. The molecule has 0 heterocycles. The molecule has 27 heteroatoms. The second-order valence-electron chi connectivity index (χ2n) is 21.2. The number of hydrogen-bond donors (Lipinski definition) is 4. The van der Waals surface area contributed by atoms with Crippen LogP contribution in [-0.4, -0.2) is 217 Å². The summed E-state index contributed by atoms with van der Waals surface area (Å²) in [6.07, 6.45) is 5.63. The molecule has 0 aliphatic heterocycles. The Hall–Kier alpha value is -5.94. The summed E-state index contributed by atoms with van der Waals surface area (Å²) in [4.78, 5) is 116. The van der Waals surface area contributed by atoms with Crippen molar-refractivity contribution in [2.75, 3.05) is 112 Å². The molecule has 0 amide bonds. The van der Waals surface area contributed by atoms with Gasteiger partial charge in [0.15, 0.2) is 0 Å². The van der Waals surface area contributed by atoms with Gasteiger partial charge in [0.1, 0.15) is 88.5 Å². The molecule has 5 unspecified atom stereocenters. The first-order valence-electron chi connectivity index (χ1n) is 29.8. The Morgan fingerprint density at radius 1 is 0.414 bits per heavy atom. The molecule has 498 valence electrons. The summed E-state index contributed by atoms with van der Waals surface area (Å²) in [5.74, 6) is -4.43. The second-order valence-corrected chi connectivity index (χ2v) is 21.2. The van der Waals surface area contributed by atoms with Gasteiger partial charge in [-0.15, -0.1) is 0 Å². The van der Waals surface area contributed by atoms with E-state index in [0.717, 1.165) is 63.5 Å². The molecule has 2 aliphatic carbocycles. The van der Waals surface area contributed by atoms with Gasteiger partial charge < -0.3 is 82.0 Å². The minimum Gasteiger partial charge on any atom is -0.465 e. The molecule has 2 fully saturated rings. The molecule has 0 bridgehead atoms. The normalized spacial score (nSPS) is 18.4. The van der Waals surface area contributed by atoms with Crippen LogP contribution in [0.4, 0.5) is 0 Å². The highest BCUT2D eigenvalue weighted by molar-refractivity contribution is 6.03. The van der Waals surface area contributed by atoms with Crippen LogP contribution in [0.3, 0.4) is 0 Å². The maximum absolute atomic E-state index is 12.5. The molecule has 2 saturated carbocycles. The van der Waals surface area contributed by atoms with E-state index in [2.05, 4.69) is 22.6 Å². The summed E-state index contributed by atoms with van der Waals surface area (Å²) in [5, 5.41) is 39.9. The highest BCUT2D eigenvalue weighted by Crippen LogP contribution is 2.34. The van der Waals surface area contributed by atoms with Gasteiger partial charge >= 0.3 is 53.7 Å². The highest BCUT2D eigenvalue weighted by atomic mass is 16.6. The Bertz CT molecular complexity index is 2050. The Balaban J connectivity index is 0.000000910. The van der Waals surface area contributed by atoms with Gasteiger partial charge in [0.25, 0.3) is 0 Å². The molecular formula is C60H96O27. The van der Waals surface area contributed by atoms with Gasteiger partial charge in [0.05, 0.1) is 58.7 Å². The average molecular weight is 1250 g/mol. The fourth-order valence-electron chi connectivity index (χ4n) is 8.87. The number of ketones is 1. The van der Waals surface area contributed by atoms with Crippen molar-refractivity contribution in [3.8, 4) is 0 Å². The standard InChI is InChI=1S/C35H56O15.C25H40O12/c1-5-15-35(25(4)36,34(43)46-7-3)16-12-31(40)48-18-14-33(42)50-24-29(38)22-45-20-27-10-8-26(9-11-27)19-44-21-28(37)23-49-32(41)13-17-47-30(39)6-2;1-3-23(29)35-11-9-25(31)37-17-22(28)15-33-13-20-6-4-19(5-7-20)12-32-14-21(27)16-36-24(30)8-10-34-18(2)26/h6,26-29,37-38H,2,5,7-24H2,1,3-4H3;3,19-22,27-28H,1,4-17H2,2H3. The minimum absolute atomic E-state index is 0.0101. The molecule has 27 nitrogen and oxygen atoms in total. The van der Waals surface area contributed by atoms with E-state index in [9.17, 15) is 68.4 Å². The molecule has 0 spiro atoms. The van der Waals surface area contributed by atoms with Crippen LogP contribution < -0.4 is 0 Å². The first kappa shape index (κ1) is 79.1. The lowest BCUT2D eigenvalue weighted by Crippen LogP contribution is -2.40. The molecule has 0 aromatic heterocycles. The average Bonchev–Trinajstić information content (AvgIpc) is 2.18. The van der Waals surface area contributed by atoms with Crippen molar-refractivity contribution in [3.63, 3.8) is 0 Å². The topological polar surface area (TPSA) is 372 Å². The summed E-state index contributed by atoms with van der Waals surface area (Å²) in [7, 11) is 0. The van der Waals surface area contributed by atoms with Crippen LogP contribution in [0.5, 0.6) is 0 Å². The number of hydrogen-bond acceptors (Lipinski definition) is 27. The van der Waals surface area contributed by atoms with E-state index in [1.165, 1.54) is 13.8 Å². The van der Waals surface area contributed by atoms with Gasteiger partial charge in [-0.05, 0) is 102 Å². The smallest absolute Gasteiger partial charge is 0.330 e. The van der Waals surface area contributed by atoms with Crippen molar-refractivity contribution in [2.24, 2.45) is 29.1 Å². The zero-order chi connectivity index (χ0) is 64.8. The summed E-state index contributed by atoms with van der Waals surface area (Å²) in [5.41, 5.74) is -1.41. The maximum atomic E-state index is 12.5. The Morgan fingerprint density at radius 2 is 0.713 bits per heavy atom. The third kappa shape index (κ3) is 39.6. The molecule has 87 heavy (non-hydrogen) atoms. The quantitative estimate of drug-likeness (QED) is 0.0294. The summed E-state index contributed by atoms with van der Waals surface area (Å²) in [6, 6.07) is 0. The number of aliphatic hydroxyl groups excluding tert-OH is 4. The van der Waals surface area contributed by atoms with Crippen LogP contribution in [-0.2, 0) is 110 Å². The first-order chi connectivity index (χ1) is 41.5. The lowest BCUT2D eigenvalue weighted by atomic mass is 9.76. The van der Waals surface area contributed by atoms with Crippen molar-refractivity contribution in [1.29, 1.82) is 0 Å². The summed E-state index contributed by atoms with van der Waals surface area (Å²) in [6.45, 7) is 13.3. The van der Waals surface area contributed by atoms with Crippen molar-refractivity contribution < 1.29 is 130 Å². The van der Waals surface area contributed by atoms with Crippen molar-refractivity contribution >= 4 is 59.5 Å². The summed E-state index contributed by atoms with van der Waals surface area (Å²) < 4.78 is 66.4. The lowest BCUT2D eigenvalue weighted by molar-refractivity contribution is -0.162. The predicted molar refractivity (Wildman–Crippen MR) is 304 cm³/mol. The molecular weight excluding hydrogens is 1150 g/mol. The third-order valence-electron chi connectivity index (χ3n) is 13.7. The third-order valence-corrected chi connectivity index (χ3v) is 13.7. The van der Waals surface area contributed by atoms with E-state index in [4.69, 9.17) is 52.1 Å². The Morgan fingerprint density at radius 3 is 0.989 bits per heavy atom. The van der Waals surface area contributed by atoms with Gasteiger partial charge in [0.2, 0.25) is 0 Å². The number of carbonyl (C=O) groups excluding carboxylic acids is 10. The van der Waals surface area contributed by atoms with Gasteiger partial charge in [-0.3, -0.25) is 38.4 Å². The van der Waals surface area contributed by atoms with Crippen LogP contribution in [0.25, 0.3) is 0 Å². The maximum Gasteiger partial charge on any atom is 0.330 e. The molecule has 5 atom stereocenters. The molecule has 4 N–H and O–H groups in total. The van der Waals surface area contributed by atoms with Crippen LogP contribution in [0.15, 0.2) is 25.3 Å². The SMILES string of the molecule is C=CC(=O)OCCC(=O)OCC(O)COCC1CCC(COCC(O)COC(=O)CCOC(=O)CCC(CCC)(C(C)=O)C(=O)OCC)CC1.C=CC(=O)OCCC(=O)OCC(O)COCC1CCC(COCC(O)COC(=O)CCOC(C)=O)CC1. The predicted octanol–water partition coefficient (Wildman–Crippen LogP) is 3.11. The van der Waals surface area contributed by atoms with E-state index >= 15 is 0 Å². The van der Waals surface area contributed by atoms with Gasteiger partial charge in [-0.25, -0.2) is 9.59 Å². The van der Waals surface area contributed by atoms with Crippen LogP contribution in [0, 0.1) is 29.1 Å². The minimum atomic E-state index is -1.41. The molecule has 2 rings (SSSR count). The van der Waals surface area contributed by atoms with Gasteiger partial charge in [-0.2, -0.15) is 0 Å². The Kier molecular flexibility index (Phi) is 43.7. The number of carbonyl (C=O) groups is 10. The second kappa shape index (κ2) is 48.0. The molecule has 0 saturated heterocycles. The number of ether oxygens (including phenoxy) is 13. The highest BCUT2D eigenvalue weighted by Gasteiger charge is 2.44. The van der Waals surface area contributed by atoms with Crippen LogP contribution >= 0.6 is 0 Å². The Labute approximate surface area is 509 Å². The molecule has 0 aromatic carbocycles. The van der Waals surface area contributed by atoms with E-state index in [1.54, 1.807) is 6.92 Å². The number of esters is 9. The molecule has 0 radical (unpaired) electrons. The zero-order valence-corrected chi connectivity index (χ0v) is 51.2. The fourth-order valence-corrected chi connectivity index (χ4v) is 8.87. The molecule has 0 aromatic rings. The van der Waals surface area contributed by atoms with Gasteiger partial charge in [0, 0.05) is 51.9 Å². The first-order valence-corrected chi connectivity index (χ1v) is 29.8. The summed E-state index contributed by atoms with van der Waals surface area (Å²) >= 11 is 0. The van der Waals surface area contributed by atoms with E-state index in [0.29, 0.717) is 56.5 Å².